The van der Waals surface area contributed by atoms with Gasteiger partial charge in [-0.05, 0) is 24.3 Å². The summed E-state index contributed by atoms with van der Waals surface area (Å²) in [5, 5.41) is 14.0. The average Bonchev–Trinajstić information content (AvgIpc) is 2.10. The van der Waals surface area contributed by atoms with Gasteiger partial charge in [0.05, 0.1) is 12.7 Å². The van der Waals surface area contributed by atoms with E-state index in [0.717, 1.165) is 22.8 Å². The predicted molar refractivity (Wildman–Crippen MR) is 54.2 cm³/mol. The van der Waals surface area contributed by atoms with Gasteiger partial charge in [-0.15, -0.1) is 0 Å². The Morgan fingerprint density at radius 3 is 2.00 bits per heavy atom. The minimum atomic E-state index is 0.809. The fourth-order valence-electron chi connectivity index (χ4n) is 0.800. The zero-order valence-corrected chi connectivity index (χ0v) is 7.88. The number of benzene rings is 1. The molecule has 0 spiro atoms. The van der Waals surface area contributed by atoms with Crippen LogP contribution in [0, 0.1) is 10.8 Å². The van der Waals surface area contributed by atoms with Crippen LogP contribution in [0.25, 0.3) is 0 Å². The lowest BCUT2D eigenvalue weighted by Gasteiger charge is -2.11. The largest absolute Gasteiger partial charge is 0.292 e. The monoisotopic (exact) mass is 225 g/mol. The number of anilines is 1. The summed E-state index contributed by atoms with van der Waals surface area (Å²) >= 11 is 3.31. The van der Waals surface area contributed by atoms with Crippen LogP contribution in [0.3, 0.4) is 0 Å². The van der Waals surface area contributed by atoms with Gasteiger partial charge in [-0.3, -0.25) is 15.7 Å². The van der Waals surface area contributed by atoms with E-state index < -0.39 is 0 Å². The minimum absolute atomic E-state index is 0.809. The van der Waals surface area contributed by atoms with Gasteiger partial charge in [0, 0.05) is 10.2 Å². The highest BCUT2D eigenvalue weighted by Gasteiger charge is 1.97. The molecule has 0 bridgehead atoms. The van der Waals surface area contributed by atoms with Crippen LogP contribution in [0.15, 0.2) is 28.7 Å². The molecule has 0 radical (unpaired) electrons. The molecule has 2 N–H and O–H groups in total. The fraction of sp³-hybridized carbons (Fsp3) is 0. The Morgan fingerprint density at radius 2 is 1.58 bits per heavy atom. The first-order valence-corrected chi connectivity index (χ1v) is 4.12. The molecule has 0 aliphatic rings. The quantitative estimate of drug-likeness (QED) is 0.603. The maximum atomic E-state index is 6.99. The predicted octanol–water partition coefficient (Wildman–Crippen LogP) is 2.47. The standard InChI is InChI=1S/C8H8BrN3/c9-7-1-3-8(4-2-7)12(5-10)6-11/h1-6,10-11H. The highest BCUT2D eigenvalue weighted by molar-refractivity contribution is 9.10. The third kappa shape index (κ3) is 1.92. The van der Waals surface area contributed by atoms with Crippen LogP contribution in [0.1, 0.15) is 0 Å². The van der Waals surface area contributed by atoms with Gasteiger partial charge >= 0.3 is 0 Å². The molecule has 0 aromatic heterocycles. The van der Waals surface area contributed by atoms with Crippen LogP contribution in [-0.4, -0.2) is 12.7 Å². The van der Waals surface area contributed by atoms with Crippen molar-refractivity contribution in [2.45, 2.75) is 0 Å². The van der Waals surface area contributed by atoms with E-state index in [1.165, 1.54) is 4.90 Å². The first-order chi connectivity index (χ1) is 5.77. The lowest BCUT2D eigenvalue weighted by atomic mass is 10.3. The van der Waals surface area contributed by atoms with Gasteiger partial charge in [-0.25, -0.2) is 0 Å². The van der Waals surface area contributed by atoms with E-state index in [4.69, 9.17) is 10.8 Å². The molecule has 0 aliphatic heterocycles. The smallest absolute Gasteiger partial charge is 0.0915 e. The number of hydrogen-bond acceptors (Lipinski definition) is 2. The second kappa shape index (κ2) is 4.01. The Labute approximate surface area is 79.2 Å². The summed E-state index contributed by atoms with van der Waals surface area (Å²) in [4.78, 5) is 1.41. The van der Waals surface area contributed by atoms with Gasteiger partial charge in [0.15, 0.2) is 0 Å². The molecular weight excluding hydrogens is 218 g/mol. The van der Waals surface area contributed by atoms with Crippen LogP contribution in [0.2, 0.25) is 0 Å². The first-order valence-electron chi connectivity index (χ1n) is 3.33. The molecule has 0 saturated carbocycles. The lowest BCUT2D eigenvalue weighted by Crippen LogP contribution is -2.16. The van der Waals surface area contributed by atoms with Crippen molar-refractivity contribution in [2.24, 2.45) is 0 Å². The molecule has 62 valence electrons. The normalized spacial score (nSPS) is 9.08. The molecular formula is C8H8BrN3. The second-order valence-corrected chi connectivity index (χ2v) is 3.06. The van der Waals surface area contributed by atoms with Crippen LogP contribution < -0.4 is 4.90 Å². The highest BCUT2D eigenvalue weighted by Crippen LogP contribution is 2.16. The summed E-state index contributed by atoms with van der Waals surface area (Å²) in [6.07, 6.45) is 2.19. The molecule has 0 aliphatic carbocycles. The number of hydrogen-bond donors (Lipinski definition) is 2. The van der Waals surface area contributed by atoms with E-state index in [0.29, 0.717) is 0 Å². The van der Waals surface area contributed by atoms with Gasteiger partial charge in [-0.2, -0.15) is 0 Å². The highest BCUT2D eigenvalue weighted by atomic mass is 79.9. The summed E-state index contributed by atoms with van der Waals surface area (Å²) in [6, 6.07) is 7.41. The van der Waals surface area contributed by atoms with Crippen molar-refractivity contribution >= 4 is 34.3 Å². The maximum Gasteiger partial charge on any atom is 0.0915 e. The Kier molecular flexibility index (Phi) is 2.99. The Bertz CT molecular complexity index is 273. The van der Waals surface area contributed by atoms with Crippen molar-refractivity contribution in [3.8, 4) is 0 Å². The van der Waals surface area contributed by atoms with Gasteiger partial charge in [0.2, 0.25) is 0 Å². The molecule has 1 aromatic rings. The van der Waals surface area contributed by atoms with Crippen molar-refractivity contribution in [3.05, 3.63) is 28.7 Å². The van der Waals surface area contributed by atoms with Crippen molar-refractivity contribution in [1.29, 1.82) is 10.8 Å². The molecule has 0 atom stereocenters. The van der Waals surface area contributed by atoms with Crippen molar-refractivity contribution < 1.29 is 0 Å². The molecule has 1 rings (SSSR count). The SMILES string of the molecule is N=CN(C=N)c1ccc(Br)cc1. The molecule has 0 amide bonds. The summed E-state index contributed by atoms with van der Waals surface area (Å²) in [5.74, 6) is 0. The van der Waals surface area contributed by atoms with E-state index in [2.05, 4.69) is 15.9 Å². The fourth-order valence-corrected chi connectivity index (χ4v) is 1.06. The van der Waals surface area contributed by atoms with E-state index in [-0.39, 0.29) is 0 Å². The molecule has 1 aromatic carbocycles. The second-order valence-electron chi connectivity index (χ2n) is 2.14. The van der Waals surface area contributed by atoms with Crippen LogP contribution in [-0.2, 0) is 0 Å². The molecule has 0 heterocycles. The molecule has 0 unspecified atom stereocenters. The summed E-state index contributed by atoms with van der Waals surface area (Å²) in [6.45, 7) is 0. The van der Waals surface area contributed by atoms with Crippen LogP contribution in [0.5, 0.6) is 0 Å². The number of nitrogens with one attached hydrogen (secondary N) is 2. The third-order valence-electron chi connectivity index (χ3n) is 1.40. The summed E-state index contributed by atoms with van der Waals surface area (Å²) in [7, 11) is 0. The van der Waals surface area contributed by atoms with E-state index >= 15 is 0 Å². The van der Waals surface area contributed by atoms with Gasteiger partial charge in [0.1, 0.15) is 0 Å². The first kappa shape index (κ1) is 8.93. The third-order valence-corrected chi connectivity index (χ3v) is 1.93. The van der Waals surface area contributed by atoms with Crippen molar-refractivity contribution in [1.82, 2.24) is 0 Å². The molecule has 0 fully saturated rings. The minimum Gasteiger partial charge on any atom is -0.292 e. The maximum absolute atomic E-state index is 6.99. The molecule has 12 heavy (non-hydrogen) atoms. The number of nitrogens with zero attached hydrogens (tertiary/aromatic N) is 1. The van der Waals surface area contributed by atoms with Crippen molar-refractivity contribution in [2.75, 3.05) is 4.90 Å². The van der Waals surface area contributed by atoms with Gasteiger partial charge in [0.25, 0.3) is 0 Å². The summed E-state index contributed by atoms with van der Waals surface area (Å²) < 4.78 is 0.987. The Hall–Kier alpha value is -1.16. The Balaban J connectivity index is 2.94. The van der Waals surface area contributed by atoms with Crippen LogP contribution >= 0.6 is 15.9 Å². The van der Waals surface area contributed by atoms with E-state index in [1.54, 1.807) is 0 Å². The average molecular weight is 226 g/mol. The van der Waals surface area contributed by atoms with E-state index in [9.17, 15) is 0 Å². The number of halogens is 1. The zero-order chi connectivity index (χ0) is 8.97. The topological polar surface area (TPSA) is 50.9 Å². The zero-order valence-electron chi connectivity index (χ0n) is 6.29. The lowest BCUT2D eigenvalue weighted by molar-refractivity contribution is 1.38. The molecule has 0 saturated heterocycles. The summed E-state index contributed by atoms with van der Waals surface area (Å²) in [5.41, 5.74) is 0.809. The van der Waals surface area contributed by atoms with Crippen LogP contribution in [0.4, 0.5) is 5.69 Å². The van der Waals surface area contributed by atoms with Crippen molar-refractivity contribution in [3.63, 3.8) is 0 Å². The van der Waals surface area contributed by atoms with Gasteiger partial charge in [-0.1, -0.05) is 15.9 Å². The number of rotatable bonds is 3. The molecule has 3 nitrogen and oxygen atoms in total. The molecule has 4 heteroatoms. The van der Waals surface area contributed by atoms with E-state index in [1.807, 2.05) is 24.3 Å². The Morgan fingerprint density at radius 1 is 1.08 bits per heavy atom. The van der Waals surface area contributed by atoms with Gasteiger partial charge < -0.3 is 0 Å².